The monoisotopic (exact) mass is 373 g/mol. The fourth-order valence-corrected chi connectivity index (χ4v) is 3.87. The molecule has 0 saturated carbocycles. The molecule has 0 spiro atoms. The molecule has 3 aliphatic heterocycles. The molecule has 1 aromatic rings. The number of imide groups is 1. The highest BCUT2D eigenvalue weighted by Crippen LogP contribution is 2.38. The van der Waals surface area contributed by atoms with Crippen LogP contribution in [-0.4, -0.2) is 59.5 Å². The minimum absolute atomic E-state index is 0.0953. The van der Waals surface area contributed by atoms with Crippen molar-refractivity contribution in [3.63, 3.8) is 0 Å². The molecule has 8 heteroatoms. The number of carbonyl (C=O) groups is 3. The van der Waals surface area contributed by atoms with Crippen LogP contribution in [0.4, 0.5) is 4.79 Å². The van der Waals surface area contributed by atoms with Crippen LogP contribution in [-0.2, 0) is 9.59 Å². The smallest absolute Gasteiger partial charge is 0.325 e. The van der Waals surface area contributed by atoms with Gasteiger partial charge in [0.05, 0.1) is 6.04 Å². The Bertz CT molecular complexity index is 807. The molecule has 3 aliphatic rings. The van der Waals surface area contributed by atoms with E-state index in [9.17, 15) is 14.4 Å². The molecular formula is C19H23N3O5. The molecule has 8 nitrogen and oxygen atoms in total. The van der Waals surface area contributed by atoms with Crippen LogP contribution in [0.3, 0.4) is 0 Å². The molecule has 1 N–H and O–H groups in total. The molecule has 0 unspecified atom stereocenters. The number of hydrogen-bond acceptors (Lipinski definition) is 5. The van der Waals surface area contributed by atoms with Crippen LogP contribution in [0, 0.1) is 0 Å². The van der Waals surface area contributed by atoms with Crippen molar-refractivity contribution in [2.24, 2.45) is 0 Å². The zero-order valence-electron chi connectivity index (χ0n) is 15.5. The van der Waals surface area contributed by atoms with Crippen molar-refractivity contribution < 1.29 is 23.9 Å². The molecule has 1 atom stereocenters. The first-order chi connectivity index (χ1) is 12.9. The predicted molar refractivity (Wildman–Crippen MR) is 95.4 cm³/mol. The third-order valence-electron chi connectivity index (χ3n) is 5.26. The van der Waals surface area contributed by atoms with Crippen molar-refractivity contribution in [3.8, 4) is 11.5 Å². The summed E-state index contributed by atoms with van der Waals surface area (Å²) in [6.07, 6.45) is 1.70. The van der Waals surface area contributed by atoms with Gasteiger partial charge in [-0.15, -0.1) is 0 Å². The Kier molecular flexibility index (Phi) is 4.20. The highest BCUT2D eigenvalue weighted by Gasteiger charge is 2.45. The summed E-state index contributed by atoms with van der Waals surface area (Å²) >= 11 is 0. The lowest BCUT2D eigenvalue weighted by molar-refractivity contribution is -0.139. The van der Waals surface area contributed by atoms with E-state index >= 15 is 0 Å². The molecule has 2 fully saturated rings. The standard InChI is InChI=1S/C19H23N3O5/c1-19(2)17(24)22(18(25)20-19)11-16(23)21-7-3-4-13(21)12-5-6-14-15(10-12)27-9-8-26-14/h5-6,10,13H,3-4,7-9,11H2,1-2H3,(H,20,25)/t13-/m0/s1. The minimum atomic E-state index is -0.975. The SMILES string of the molecule is CC1(C)NC(=O)N(CC(=O)N2CCC[C@H]2c2ccc3c(c2)OCCO3)C1=O. The summed E-state index contributed by atoms with van der Waals surface area (Å²) in [5.74, 6) is 0.792. The van der Waals surface area contributed by atoms with Crippen LogP contribution in [0.25, 0.3) is 0 Å². The fraction of sp³-hybridized carbons (Fsp3) is 0.526. The first-order valence-electron chi connectivity index (χ1n) is 9.20. The van der Waals surface area contributed by atoms with E-state index in [1.807, 2.05) is 18.2 Å². The van der Waals surface area contributed by atoms with Crippen molar-refractivity contribution in [1.82, 2.24) is 15.1 Å². The minimum Gasteiger partial charge on any atom is -0.486 e. The number of carbonyl (C=O) groups excluding carboxylic acids is 3. The first-order valence-corrected chi connectivity index (χ1v) is 9.20. The van der Waals surface area contributed by atoms with Gasteiger partial charge in [0.1, 0.15) is 25.3 Å². The van der Waals surface area contributed by atoms with Gasteiger partial charge in [-0.05, 0) is 44.4 Å². The number of urea groups is 1. The predicted octanol–water partition coefficient (Wildman–Crippen LogP) is 1.45. The molecule has 1 aromatic carbocycles. The number of likely N-dealkylation sites (tertiary alicyclic amines) is 1. The van der Waals surface area contributed by atoms with Gasteiger partial charge >= 0.3 is 6.03 Å². The number of hydrogen-bond donors (Lipinski definition) is 1. The van der Waals surface area contributed by atoms with Crippen LogP contribution < -0.4 is 14.8 Å². The molecule has 3 heterocycles. The van der Waals surface area contributed by atoms with Crippen molar-refractivity contribution in [2.75, 3.05) is 26.3 Å². The summed E-state index contributed by atoms with van der Waals surface area (Å²) in [5, 5.41) is 2.60. The second-order valence-electron chi connectivity index (χ2n) is 7.59. The van der Waals surface area contributed by atoms with E-state index in [0.717, 1.165) is 23.3 Å². The molecule has 4 amide bonds. The third-order valence-corrected chi connectivity index (χ3v) is 5.26. The van der Waals surface area contributed by atoms with E-state index in [2.05, 4.69) is 5.32 Å². The van der Waals surface area contributed by atoms with Crippen molar-refractivity contribution in [1.29, 1.82) is 0 Å². The molecule has 0 aliphatic carbocycles. The van der Waals surface area contributed by atoms with Gasteiger partial charge in [0.2, 0.25) is 5.91 Å². The van der Waals surface area contributed by atoms with E-state index < -0.39 is 11.6 Å². The fourth-order valence-electron chi connectivity index (χ4n) is 3.87. The van der Waals surface area contributed by atoms with Crippen molar-refractivity contribution >= 4 is 17.8 Å². The van der Waals surface area contributed by atoms with E-state index in [1.165, 1.54) is 0 Å². The molecule has 0 bridgehead atoms. The molecular weight excluding hydrogens is 350 g/mol. The van der Waals surface area contributed by atoms with Crippen molar-refractivity contribution in [2.45, 2.75) is 38.3 Å². The van der Waals surface area contributed by atoms with Crippen LogP contribution >= 0.6 is 0 Å². The van der Waals surface area contributed by atoms with Gasteiger partial charge in [0.25, 0.3) is 5.91 Å². The second-order valence-corrected chi connectivity index (χ2v) is 7.59. The van der Waals surface area contributed by atoms with Crippen molar-refractivity contribution in [3.05, 3.63) is 23.8 Å². The lowest BCUT2D eigenvalue weighted by atomic mass is 10.0. The topological polar surface area (TPSA) is 88.2 Å². The number of ether oxygens (including phenoxy) is 2. The number of benzene rings is 1. The zero-order valence-corrected chi connectivity index (χ0v) is 15.5. The maximum Gasteiger partial charge on any atom is 0.325 e. The summed E-state index contributed by atoms with van der Waals surface area (Å²) in [4.78, 5) is 40.0. The van der Waals surface area contributed by atoms with Gasteiger partial charge in [-0.25, -0.2) is 4.79 Å². The Balaban J connectivity index is 1.51. The second kappa shape index (κ2) is 6.44. The maximum atomic E-state index is 12.9. The summed E-state index contributed by atoms with van der Waals surface area (Å²) in [5.41, 5.74) is 0.0000601. The Morgan fingerprint density at radius 3 is 2.67 bits per heavy atom. The Morgan fingerprint density at radius 1 is 1.22 bits per heavy atom. The lowest BCUT2D eigenvalue weighted by Gasteiger charge is -2.28. The van der Waals surface area contributed by atoms with Crippen LogP contribution in [0.1, 0.15) is 38.3 Å². The van der Waals surface area contributed by atoms with Crippen LogP contribution in [0.15, 0.2) is 18.2 Å². The van der Waals surface area contributed by atoms with Gasteiger partial charge in [0.15, 0.2) is 11.5 Å². The first kappa shape index (κ1) is 17.6. The zero-order chi connectivity index (χ0) is 19.2. The lowest BCUT2D eigenvalue weighted by Crippen LogP contribution is -2.44. The van der Waals surface area contributed by atoms with Gasteiger partial charge < -0.3 is 19.7 Å². The highest BCUT2D eigenvalue weighted by molar-refractivity contribution is 6.08. The largest absolute Gasteiger partial charge is 0.486 e. The molecule has 144 valence electrons. The number of amides is 4. The Morgan fingerprint density at radius 2 is 1.96 bits per heavy atom. The normalized spacial score (nSPS) is 23.6. The Labute approximate surface area is 157 Å². The van der Waals surface area contributed by atoms with Gasteiger partial charge in [-0.1, -0.05) is 6.07 Å². The molecule has 4 rings (SSSR count). The highest BCUT2D eigenvalue weighted by atomic mass is 16.6. The Hall–Kier alpha value is -2.77. The summed E-state index contributed by atoms with van der Waals surface area (Å²) in [6, 6.07) is 5.11. The molecule has 27 heavy (non-hydrogen) atoms. The van der Waals surface area contributed by atoms with E-state index in [4.69, 9.17) is 9.47 Å². The van der Waals surface area contributed by atoms with Gasteiger partial charge in [0, 0.05) is 6.54 Å². The molecule has 0 radical (unpaired) electrons. The van der Waals surface area contributed by atoms with Gasteiger partial charge in [-0.3, -0.25) is 14.5 Å². The number of fused-ring (bicyclic) bond motifs is 1. The van der Waals surface area contributed by atoms with E-state index in [0.29, 0.717) is 31.3 Å². The number of rotatable bonds is 3. The average molecular weight is 373 g/mol. The van der Waals surface area contributed by atoms with Gasteiger partial charge in [-0.2, -0.15) is 0 Å². The third kappa shape index (κ3) is 3.09. The quantitative estimate of drug-likeness (QED) is 0.811. The molecule has 2 saturated heterocycles. The summed E-state index contributed by atoms with van der Waals surface area (Å²) in [6.45, 7) is 4.66. The molecule has 0 aromatic heterocycles. The van der Waals surface area contributed by atoms with Crippen LogP contribution in [0.5, 0.6) is 11.5 Å². The number of nitrogens with zero attached hydrogens (tertiary/aromatic N) is 2. The van der Waals surface area contributed by atoms with Crippen LogP contribution in [0.2, 0.25) is 0 Å². The van der Waals surface area contributed by atoms with E-state index in [-0.39, 0.29) is 24.4 Å². The number of nitrogens with one attached hydrogen (secondary N) is 1. The maximum absolute atomic E-state index is 12.9. The summed E-state index contributed by atoms with van der Waals surface area (Å²) in [7, 11) is 0. The summed E-state index contributed by atoms with van der Waals surface area (Å²) < 4.78 is 11.2. The average Bonchev–Trinajstić information content (AvgIpc) is 3.20. The van der Waals surface area contributed by atoms with E-state index in [1.54, 1.807) is 18.7 Å².